The highest BCUT2D eigenvalue weighted by molar-refractivity contribution is 5.85. The molecular formula is C15H19NO. The highest BCUT2D eigenvalue weighted by Gasteiger charge is 2.29. The molecule has 0 fully saturated rings. The van der Waals surface area contributed by atoms with Crippen LogP contribution in [0.25, 0.3) is 0 Å². The van der Waals surface area contributed by atoms with Crippen molar-refractivity contribution in [3.05, 3.63) is 35.4 Å². The van der Waals surface area contributed by atoms with E-state index in [4.69, 9.17) is 5.26 Å². The molecule has 17 heavy (non-hydrogen) atoms. The maximum Gasteiger partial charge on any atom is 0.150 e. The third-order valence-corrected chi connectivity index (χ3v) is 3.23. The van der Waals surface area contributed by atoms with Gasteiger partial charge in [0, 0.05) is 0 Å². The van der Waals surface area contributed by atoms with Crippen LogP contribution in [0.2, 0.25) is 0 Å². The second-order valence-electron chi connectivity index (χ2n) is 5.07. The molecule has 0 radical (unpaired) electrons. The lowest BCUT2D eigenvalue weighted by molar-refractivity contribution is -0.123. The minimum atomic E-state index is -0.903. The smallest absolute Gasteiger partial charge is 0.150 e. The van der Waals surface area contributed by atoms with Gasteiger partial charge >= 0.3 is 0 Å². The van der Waals surface area contributed by atoms with E-state index in [-0.39, 0.29) is 5.78 Å². The van der Waals surface area contributed by atoms with E-state index >= 15 is 0 Å². The quantitative estimate of drug-likeness (QED) is 0.793. The largest absolute Gasteiger partial charge is 0.298 e. The van der Waals surface area contributed by atoms with Crippen molar-refractivity contribution in [1.82, 2.24) is 0 Å². The molecule has 0 heterocycles. The van der Waals surface area contributed by atoms with E-state index in [1.54, 1.807) is 6.92 Å². The molecule has 0 saturated carbocycles. The zero-order valence-corrected chi connectivity index (χ0v) is 10.9. The Balaban J connectivity index is 2.90. The Labute approximate surface area is 103 Å². The summed E-state index contributed by atoms with van der Waals surface area (Å²) in [6.07, 6.45) is 0.483. The van der Waals surface area contributed by atoms with Gasteiger partial charge < -0.3 is 0 Å². The molecule has 1 atom stereocenters. The maximum atomic E-state index is 11.5. The summed E-state index contributed by atoms with van der Waals surface area (Å²) >= 11 is 0. The van der Waals surface area contributed by atoms with Gasteiger partial charge in [0.25, 0.3) is 0 Å². The van der Waals surface area contributed by atoms with Crippen LogP contribution in [0, 0.1) is 16.7 Å². The third-order valence-electron chi connectivity index (χ3n) is 3.23. The van der Waals surface area contributed by atoms with Crippen molar-refractivity contribution in [3.63, 3.8) is 0 Å². The summed E-state index contributed by atoms with van der Waals surface area (Å²) in [7, 11) is 0. The Morgan fingerprint density at radius 2 is 1.88 bits per heavy atom. The fourth-order valence-electron chi connectivity index (χ4n) is 1.67. The summed E-state index contributed by atoms with van der Waals surface area (Å²) in [5.41, 5.74) is 1.41. The Hall–Kier alpha value is -1.62. The van der Waals surface area contributed by atoms with Crippen molar-refractivity contribution in [2.75, 3.05) is 0 Å². The summed E-state index contributed by atoms with van der Waals surface area (Å²) in [6, 6.07) is 10.3. The van der Waals surface area contributed by atoms with Gasteiger partial charge in [-0.25, -0.2) is 0 Å². The number of carbonyl (C=O) groups is 1. The predicted octanol–water partition coefficient (Wildman–Crippen LogP) is 3.47. The molecule has 0 aromatic heterocycles. The van der Waals surface area contributed by atoms with Crippen molar-refractivity contribution < 1.29 is 4.79 Å². The Bertz CT molecular complexity index is 439. The lowest BCUT2D eigenvalue weighted by Gasteiger charge is -2.18. The molecule has 0 aliphatic heterocycles. The lowest BCUT2D eigenvalue weighted by Crippen LogP contribution is -2.26. The normalized spacial score (nSPS) is 14.1. The SMILES string of the molecule is CC(=O)C(C)(C#N)Cc1ccc(C(C)C)cc1. The molecule has 0 amide bonds. The van der Waals surface area contributed by atoms with Gasteiger partial charge in [-0.2, -0.15) is 5.26 Å². The first kappa shape index (κ1) is 13.4. The van der Waals surface area contributed by atoms with Crippen LogP contribution in [0.15, 0.2) is 24.3 Å². The number of ketones is 1. The van der Waals surface area contributed by atoms with Crippen LogP contribution in [0.4, 0.5) is 0 Å². The first-order valence-corrected chi connectivity index (χ1v) is 5.90. The van der Waals surface area contributed by atoms with E-state index in [9.17, 15) is 4.79 Å². The van der Waals surface area contributed by atoms with Crippen LogP contribution in [0.5, 0.6) is 0 Å². The average Bonchev–Trinajstić information content (AvgIpc) is 2.29. The number of hydrogen-bond donors (Lipinski definition) is 0. The van der Waals surface area contributed by atoms with Crippen LogP contribution in [0.1, 0.15) is 44.7 Å². The third kappa shape index (κ3) is 3.17. The molecule has 0 saturated heterocycles. The van der Waals surface area contributed by atoms with Crippen LogP contribution in [-0.2, 0) is 11.2 Å². The zero-order valence-electron chi connectivity index (χ0n) is 10.9. The molecule has 1 aromatic carbocycles. The molecule has 0 N–H and O–H groups in total. The predicted molar refractivity (Wildman–Crippen MR) is 68.6 cm³/mol. The number of rotatable bonds is 4. The van der Waals surface area contributed by atoms with Gasteiger partial charge in [-0.05, 0) is 37.3 Å². The summed E-state index contributed by atoms with van der Waals surface area (Å²) in [5, 5.41) is 9.09. The molecule has 2 heteroatoms. The van der Waals surface area contributed by atoms with Crippen LogP contribution in [0.3, 0.4) is 0 Å². The van der Waals surface area contributed by atoms with Crippen molar-refractivity contribution >= 4 is 5.78 Å². The highest BCUT2D eigenvalue weighted by atomic mass is 16.1. The molecule has 0 spiro atoms. The van der Waals surface area contributed by atoms with Gasteiger partial charge in [-0.15, -0.1) is 0 Å². The Kier molecular flexibility index (Phi) is 4.07. The van der Waals surface area contributed by atoms with Gasteiger partial charge in [0.05, 0.1) is 6.07 Å². The van der Waals surface area contributed by atoms with Crippen molar-refractivity contribution in [2.24, 2.45) is 5.41 Å². The number of carbonyl (C=O) groups excluding carboxylic acids is 1. The highest BCUT2D eigenvalue weighted by Crippen LogP contribution is 2.24. The number of hydrogen-bond acceptors (Lipinski definition) is 2. The minimum absolute atomic E-state index is 0.0760. The molecule has 90 valence electrons. The van der Waals surface area contributed by atoms with Crippen LogP contribution < -0.4 is 0 Å². The number of benzene rings is 1. The topological polar surface area (TPSA) is 40.9 Å². The van der Waals surface area contributed by atoms with E-state index in [0.29, 0.717) is 12.3 Å². The molecule has 1 rings (SSSR count). The summed E-state index contributed by atoms with van der Waals surface area (Å²) in [5.74, 6) is 0.423. The molecule has 1 unspecified atom stereocenters. The summed E-state index contributed by atoms with van der Waals surface area (Å²) < 4.78 is 0. The Morgan fingerprint density at radius 1 is 1.35 bits per heavy atom. The Morgan fingerprint density at radius 3 is 2.24 bits per heavy atom. The standard InChI is InChI=1S/C15H19NO/c1-11(2)14-7-5-13(6-8-14)9-15(4,10-16)12(3)17/h5-8,11H,9H2,1-4H3. The molecule has 0 bridgehead atoms. The monoisotopic (exact) mass is 229 g/mol. The molecule has 1 aromatic rings. The molecular weight excluding hydrogens is 210 g/mol. The first-order chi connectivity index (χ1) is 7.89. The minimum Gasteiger partial charge on any atom is -0.298 e. The second-order valence-corrected chi connectivity index (χ2v) is 5.07. The van der Waals surface area contributed by atoms with E-state index in [1.165, 1.54) is 12.5 Å². The van der Waals surface area contributed by atoms with Crippen LogP contribution >= 0.6 is 0 Å². The van der Waals surface area contributed by atoms with Gasteiger partial charge in [0.15, 0.2) is 0 Å². The number of Topliss-reactive ketones (excluding diaryl/α,β-unsaturated/α-hetero) is 1. The van der Waals surface area contributed by atoms with E-state index in [1.807, 2.05) is 12.1 Å². The first-order valence-electron chi connectivity index (χ1n) is 5.90. The number of nitriles is 1. The average molecular weight is 229 g/mol. The van der Waals surface area contributed by atoms with E-state index in [0.717, 1.165) is 5.56 Å². The van der Waals surface area contributed by atoms with Gasteiger partial charge in [-0.1, -0.05) is 38.1 Å². The molecule has 0 aliphatic rings. The fourth-order valence-corrected chi connectivity index (χ4v) is 1.67. The van der Waals surface area contributed by atoms with E-state index in [2.05, 4.69) is 32.0 Å². The lowest BCUT2D eigenvalue weighted by atomic mass is 9.81. The van der Waals surface area contributed by atoms with Gasteiger partial charge in [-0.3, -0.25) is 4.79 Å². The van der Waals surface area contributed by atoms with Crippen molar-refractivity contribution in [3.8, 4) is 6.07 Å². The van der Waals surface area contributed by atoms with Gasteiger partial charge in [0.1, 0.15) is 11.2 Å². The van der Waals surface area contributed by atoms with Crippen molar-refractivity contribution in [2.45, 2.75) is 40.0 Å². The van der Waals surface area contributed by atoms with E-state index < -0.39 is 5.41 Å². The maximum absolute atomic E-state index is 11.5. The zero-order chi connectivity index (χ0) is 13.1. The van der Waals surface area contributed by atoms with Crippen LogP contribution in [-0.4, -0.2) is 5.78 Å². The summed E-state index contributed by atoms with van der Waals surface area (Å²) in [6.45, 7) is 7.46. The molecule has 2 nitrogen and oxygen atoms in total. The fraction of sp³-hybridized carbons (Fsp3) is 0.467. The second kappa shape index (κ2) is 5.14. The van der Waals surface area contributed by atoms with Crippen molar-refractivity contribution in [1.29, 1.82) is 5.26 Å². The van der Waals surface area contributed by atoms with Gasteiger partial charge in [0.2, 0.25) is 0 Å². The molecule has 0 aliphatic carbocycles. The number of nitrogens with zero attached hydrogens (tertiary/aromatic N) is 1. The summed E-state index contributed by atoms with van der Waals surface area (Å²) in [4.78, 5) is 11.5.